The highest BCUT2D eigenvalue weighted by molar-refractivity contribution is 7.87. The van der Waals surface area contributed by atoms with Gasteiger partial charge in [0.1, 0.15) is 12.2 Å². The van der Waals surface area contributed by atoms with E-state index in [-0.39, 0.29) is 13.2 Å². The molecule has 1 aliphatic carbocycles. The number of hydrogen-bond donors (Lipinski definition) is 0. The highest BCUT2D eigenvalue weighted by Gasteiger charge is 2.50. The van der Waals surface area contributed by atoms with Crippen LogP contribution in [0.1, 0.15) is 12.8 Å². The highest BCUT2D eigenvalue weighted by Crippen LogP contribution is 2.31. The zero-order chi connectivity index (χ0) is 13.4. The van der Waals surface area contributed by atoms with E-state index in [2.05, 4.69) is 4.18 Å². The molecule has 2 atom stereocenters. The number of ether oxygens (including phenoxy) is 2. The maximum Gasteiger partial charge on any atom is 0.523 e. The van der Waals surface area contributed by atoms with E-state index in [1.54, 1.807) is 0 Å². The van der Waals surface area contributed by atoms with Crippen LogP contribution in [0.4, 0.5) is 13.2 Å². The van der Waals surface area contributed by atoms with Crippen LogP contribution in [-0.2, 0) is 23.8 Å². The fraction of sp³-hybridized carbons (Fsp3) is 1.00. The van der Waals surface area contributed by atoms with Crippen LogP contribution < -0.4 is 0 Å². The Morgan fingerprint density at radius 2 is 1.78 bits per heavy atom. The van der Waals surface area contributed by atoms with E-state index in [9.17, 15) is 21.6 Å². The minimum atomic E-state index is -5.60. The molecule has 1 heterocycles. The summed E-state index contributed by atoms with van der Waals surface area (Å²) in [4.78, 5) is 0. The summed E-state index contributed by atoms with van der Waals surface area (Å²) in [7, 11) is -5.60. The third kappa shape index (κ3) is 3.34. The largest absolute Gasteiger partial charge is 0.523 e. The van der Waals surface area contributed by atoms with Gasteiger partial charge in [-0.2, -0.15) is 21.6 Å². The molecular weight excluding hydrogens is 277 g/mol. The van der Waals surface area contributed by atoms with E-state index >= 15 is 0 Å². The SMILES string of the molecule is O=S(=O)(O[C@@H]1COC[C@@H]1OCC1CC1)C(F)(F)F. The number of hydrogen-bond acceptors (Lipinski definition) is 5. The molecular formula is C9H13F3O5S. The molecule has 2 rings (SSSR count). The van der Waals surface area contributed by atoms with Crippen molar-refractivity contribution in [2.45, 2.75) is 30.6 Å². The van der Waals surface area contributed by atoms with Gasteiger partial charge in [0.15, 0.2) is 0 Å². The van der Waals surface area contributed by atoms with Crippen LogP contribution in [0.2, 0.25) is 0 Å². The molecule has 2 fully saturated rings. The Kier molecular flexibility index (Phi) is 3.86. The zero-order valence-electron chi connectivity index (χ0n) is 9.35. The van der Waals surface area contributed by atoms with Crippen molar-refractivity contribution in [2.75, 3.05) is 19.8 Å². The maximum absolute atomic E-state index is 12.1. The van der Waals surface area contributed by atoms with Crippen molar-refractivity contribution in [1.29, 1.82) is 0 Å². The lowest BCUT2D eigenvalue weighted by atomic mass is 10.2. The molecule has 0 N–H and O–H groups in total. The number of alkyl halides is 3. The van der Waals surface area contributed by atoms with E-state index in [4.69, 9.17) is 9.47 Å². The highest BCUT2D eigenvalue weighted by atomic mass is 32.2. The van der Waals surface area contributed by atoms with E-state index in [0.717, 1.165) is 12.8 Å². The summed E-state index contributed by atoms with van der Waals surface area (Å²) in [6.45, 7) is 0.232. The minimum absolute atomic E-state index is 0.0464. The van der Waals surface area contributed by atoms with E-state index in [1.165, 1.54) is 0 Å². The molecule has 0 aromatic heterocycles. The Bertz CT molecular complexity index is 389. The lowest BCUT2D eigenvalue weighted by molar-refractivity contribution is -0.0646. The van der Waals surface area contributed by atoms with Crippen molar-refractivity contribution >= 4 is 10.1 Å². The molecule has 1 aliphatic heterocycles. The van der Waals surface area contributed by atoms with E-state index in [1.807, 2.05) is 0 Å². The van der Waals surface area contributed by atoms with Gasteiger partial charge in [-0.15, -0.1) is 0 Å². The normalized spacial score (nSPS) is 29.7. The molecule has 0 amide bonds. The predicted molar refractivity (Wildman–Crippen MR) is 53.1 cm³/mol. The summed E-state index contributed by atoms with van der Waals surface area (Å²) in [5.74, 6) is 0.422. The smallest absolute Gasteiger partial charge is 0.376 e. The van der Waals surface area contributed by atoms with Gasteiger partial charge in [-0.05, 0) is 18.8 Å². The van der Waals surface area contributed by atoms with Gasteiger partial charge < -0.3 is 9.47 Å². The van der Waals surface area contributed by atoms with Crippen LogP contribution in [0.15, 0.2) is 0 Å². The van der Waals surface area contributed by atoms with Gasteiger partial charge in [-0.25, -0.2) is 0 Å². The van der Waals surface area contributed by atoms with Crippen molar-refractivity contribution in [3.8, 4) is 0 Å². The van der Waals surface area contributed by atoms with E-state index in [0.29, 0.717) is 12.5 Å². The first kappa shape index (κ1) is 14.0. The van der Waals surface area contributed by atoms with Crippen molar-refractivity contribution in [3.05, 3.63) is 0 Å². The fourth-order valence-corrected chi connectivity index (χ4v) is 2.14. The zero-order valence-corrected chi connectivity index (χ0v) is 10.2. The summed E-state index contributed by atoms with van der Waals surface area (Å²) < 4.78 is 72.5. The van der Waals surface area contributed by atoms with Crippen LogP contribution in [0.5, 0.6) is 0 Å². The van der Waals surface area contributed by atoms with Crippen LogP contribution >= 0.6 is 0 Å². The number of rotatable bonds is 5. The van der Waals surface area contributed by atoms with Gasteiger partial charge in [0.05, 0.1) is 19.8 Å². The van der Waals surface area contributed by atoms with Gasteiger partial charge in [-0.3, -0.25) is 4.18 Å². The van der Waals surface area contributed by atoms with Crippen molar-refractivity contribution in [3.63, 3.8) is 0 Å². The van der Waals surface area contributed by atoms with E-state index < -0.39 is 27.8 Å². The molecule has 1 saturated carbocycles. The Balaban J connectivity index is 1.90. The standard InChI is InChI=1S/C9H13F3O5S/c10-9(11,12)18(13,14)17-8-5-15-4-7(8)16-3-6-1-2-6/h6-8H,1-5H2/t7-,8+/m0/s1. The van der Waals surface area contributed by atoms with Gasteiger partial charge >= 0.3 is 15.6 Å². The molecule has 5 nitrogen and oxygen atoms in total. The first-order chi connectivity index (χ1) is 8.29. The summed E-state index contributed by atoms with van der Waals surface area (Å²) in [6, 6.07) is 0. The average Bonchev–Trinajstić information content (AvgIpc) is 2.96. The summed E-state index contributed by atoms with van der Waals surface area (Å²) in [6.07, 6.45) is 0.0676. The molecule has 0 spiro atoms. The molecule has 0 unspecified atom stereocenters. The monoisotopic (exact) mass is 290 g/mol. The van der Waals surface area contributed by atoms with Crippen LogP contribution in [0.25, 0.3) is 0 Å². The quantitative estimate of drug-likeness (QED) is 0.559. The second-order valence-electron chi connectivity index (χ2n) is 4.39. The molecule has 0 bridgehead atoms. The lowest BCUT2D eigenvalue weighted by Crippen LogP contribution is -2.37. The molecule has 106 valence electrons. The molecule has 2 aliphatic rings. The van der Waals surface area contributed by atoms with Crippen LogP contribution in [-0.4, -0.2) is 46.0 Å². The first-order valence-electron chi connectivity index (χ1n) is 5.48. The van der Waals surface area contributed by atoms with Gasteiger partial charge in [0, 0.05) is 0 Å². The second-order valence-corrected chi connectivity index (χ2v) is 5.95. The molecule has 9 heteroatoms. The van der Waals surface area contributed by atoms with Crippen LogP contribution in [0.3, 0.4) is 0 Å². The lowest BCUT2D eigenvalue weighted by Gasteiger charge is -2.19. The Labute approximate surface area is 102 Å². The number of halogens is 3. The first-order valence-corrected chi connectivity index (χ1v) is 6.89. The Hall–Kier alpha value is -0.380. The van der Waals surface area contributed by atoms with Gasteiger partial charge in [-0.1, -0.05) is 0 Å². The molecule has 1 saturated heterocycles. The third-order valence-electron chi connectivity index (χ3n) is 2.76. The van der Waals surface area contributed by atoms with Gasteiger partial charge in [0.25, 0.3) is 0 Å². The Morgan fingerprint density at radius 1 is 1.17 bits per heavy atom. The van der Waals surface area contributed by atoms with Crippen molar-refractivity contribution in [1.82, 2.24) is 0 Å². The molecule has 0 aromatic rings. The Morgan fingerprint density at radius 3 is 2.33 bits per heavy atom. The second kappa shape index (κ2) is 4.95. The van der Waals surface area contributed by atoms with Crippen LogP contribution in [0, 0.1) is 5.92 Å². The third-order valence-corrected chi connectivity index (χ3v) is 3.82. The molecule has 0 radical (unpaired) electrons. The van der Waals surface area contributed by atoms with Crippen molar-refractivity contribution in [2.24, 2.45) is 5.92 Å². The minimum Gasteiger partial charge on any atom is -0.376 e. The van der Waals surface area contributed by atoms with Crippen molar-refractivity contribution < 1.29 is 35.2 Å². The molecule has 0 aromatic carbocycles. The molecule has 18 heavy (non-hydrogen) atoms. The predicted octanol–water partition coefficient (Wildman–Crippen LogP) is 1.05. The topological polar surface area (TPSA) is 61.8 Å². The summed E-state index contributed by atoms with van der Waals surface area (Å²) in [5, 5.41) is 0. The average molecular weight is 290 g/mol. The summed E-state index contributed by atoms with van der Waals surface area (Å²) >= 11 is 0. The fourth-order valence-electron chi connectivity index (χ4n) is 1.52. The summed E-state index contributed by atoms with van der Waals surface area (Å²) in [5.41, 5.74) is -5.42. The maximum atomic E-state index is 12.1. The van der Waals surface area contributed by atoms with Gasteiger partial charge in [0.2, 0.25) is 0 Å².